The van der Waals surface area contributed by atoms with E-state index < -0.39 is 0 Å². The highest BCUT2D eigenvalue weighted by atomic mass is 35.5. The van der Waals surface area contributed by atoms with Crippen LogP contribution >= 0.6 is 11.6 Å². The third-order valence-corrected chi connectivity index (χ3v) is 7.97. The summed E-state index contributed by atoms with van der Waals surface area (Å²) in [5, 5.41) is 11.7. The molecule has 0 bridgehead atoms. The van der Waals surface area contributed by atoms with Crippen LogP contribution in [-0.4, -0.2) is 58.7 Å². The quantitative estimate of drug-likeness (QED) is 0.421. The third kappa shape index (κ3) is 5.85. The van der Waals surface area contributed by atoms with E-state index in [2.05, 4.69) is 46.6 Å². The molecule has 1 fully saturated rings. The molecule has 3 aromatic rings. The van der Waals surface area contributed by atoms with Crippen LogP contribution < -0.4 is 15.4 Å². The van der Waals surface area contributed by atoms with Crippen LogP contribution in [0, 0.1) is 26.7 Å². The normalized spacial score (nSPS) is 18.7. The number of aromatic nitrogens is 3. The van der Waals surface area contributed by atoms with Crippen molar-refractivity contribution in [1.29, 1.82) is 0 Å². The van der Waals surface area contributed by atoms with E-state index >= 15 is 0 Å². The number of hydrogen-bond acceptors (Lipinski definition) is 6. The van der Waals surface area contributed by atoms with Crippen LogP contribution in [0.1, 0.15) is 65.5 Å². The van der Waals surface area contributed by atoms with E-state index in [-0.39, 0.29) is 18.5 Å². The molecule has 2 heterocycles. The number of fused-ring (bicyclic) bond motifs is 1. The lowest BCUT2D eigenvalue weighted by atomic mass is 9.81. The van der Waals surface area contributed by atoms with Gasteiger partial charge in [0.05, 0.1) is 19.2 Å². The second-order valence-corrected chi connectivity index (χ2v) is 11.0. The lowest BCUT2D eigenvalue weighted by Gasteiger charge is -2.36. The zero-order valence-electron chi connectivity index (χ0n) is 23.0. The Bertz CT molecular complexity index is 1280. The van der Waals surface area contributed by atoms with E-state index in [1.807, 2.05) is 32.9 Å². The molecular weight excluding hydrogens is 488 g/mol. The Morgan fingerprint density at radius 2 is 1.89 bits per heavy atom. The van der Waals surface area contributed by atoms with E-state index in [4.69, 9.17) is 16.3 Å². The van der Waals surface area contributed by atoms with Gasteiger partial charge in [-0.15, -0.1) is 5.10 Å². The van der Waals surface area contributed by atoms with Crippen LogP contribution in [0.25, 0.3) is 5.65 Å². The highest BCUT2D eigenvalue weighted by Crippen LogP contribution is 2.32. The van der Waals surface area contributed by atoms with Crippen molar-refractivity contribution in [2.45, 2.75) is 72.0 Å². The maximum Gasteiger partial charge on any atom is 0.251 e. The molecule has 200 valence electrons. The molecule has 0 spiro atoms. The van der Waals surface area contributed by atoms with Gasteiger partial charge >= 0.3 is 0 Å². The Kier molecular flexibility index (Phi) is 8.29. The number of methoxy groups -OCH3 is 1. The summed E-state index contributed by atoms with van der Waals surface area (Å²) in [4.78, 5) is 20.3. The van der Waals surface area contributed by atoms with Crippen molar-refractivity contribution in [3.8, 4) is 5.88 Å². The third-order valence-electron chi connectivity index (χ3n) is 7.75. The Balaban J connectivity index is 1.49. The first-order valence-electron chi connectivity index (χ1n) is 13.0. The zero-order valence-corrected chi connectivity index (χ0v) is 23.7. The molecule has 1 aliphatic carbocycles. The largest absolute Gasteiger partial charge is 0.480 e. The highest BCUT2D eigenvalue weighted by molar-refractivity contribution is 6.31. The number of hydrogen-bond donors (Lipinski definition) is 2. The van der Waals surface area contributed by atoms with Gasteiger partial charge in [-0.05, 0) is 97.2 Å². The minimum absolute atomic E-state index is 0.201. The first-order chi connectivity index (χ1) is 17.6. The maximum absolute atomic E-state index is 13.3. The molecule has 1 aromatic carbocycles. The topological polar surface area (TPSA) is 83.8 Å². The summed E-state index contributed by atoms with van der Waals surface area (Å²) in [6.07, 6.45) is 4.82. The van der Waals surface area contributed by atoms with Crippen molar-refractivity contribution < 1.29 is 9.53 Å². The van der Waals surface area contributed by atoms with Crippen LogP contribution in [-0.2, 0) is 6.54 Å². The molecule has 1 amide bonds. The van der Waals surface area contributed by atoms with Gasteiger partial charge in [-0.1, -0.05) is 11.6 Å². The number of amides is 1. The van der Waals surface area contributed by atoms with Gasteiger partial charge in [0.15, 0.2) is 5.65 Å². The molecule has 0 aliphatic heterocycles. The fourth-order valence-corrected chi connectivity index (χ4v) is 5.69. The lowest BCUT2D eigenvalue weighted by molar-refractivity contribution is 0.0950. The summed E-state index contributed by atoms with van der Waals surface area (Å²) < 4.78 is 7.23. The molecule has 8 nitrogen and oxygen atoms in total. The maximum atomic E-state index is 13.3. The van der Waals surface area contributed by atoms with Crippen molar-refractivity contribution in [1.82, 2.24) is 24.8 Å². The molecule has 1 aliphatic rings. The number of nitrogens with one attached hydrogen (secondary N) is 2. The Morgan fingerprint density at radius 3 is 2.54 bits per heavy atom. The van der Waals surface area contributed by atoms with Gasteiger partial charge in [0, 0.05) is 39.7 Å². The fourth-order valence-electron chi connectivity index (χ4n) is 5.47. The predicted molar refractivity (Wildman–Crippen MR) is 149 cm³/mol. The summed E-state index contributed by atoms with van der Waals surface area (Å²) >= 11 is 6.48. The second kappa shape index (κ2) is 11.3. The van der Waals surface area contributed by atoms with Crippen LogP contribution in [0.3, 0.4) is 0 Å². The van der Waals surface area contributed by atoms with Gasteiger partial charge in [0.1, 0.15) is 0 Å². The molecule has 1 saturated carbocycles. The summed E-state index contributed by atoms with van der Waals surface area (Å²) in [7, 11) is 5.90. The number of carbonyl (C=O) groups excluding carboxylic acids is 1. The minimum Gasteiger partial charge on any atom is -0.480 e. The minimum atomic E-state index is -0.201. The smallest absolute Gasteiger partial charge is 0.251 e. The van der Waals surface area contributed by atoms with E-state index in [9.17, 15) is 4.79 Å². The zero-order chi connectivity index (χ0) is 26.9. The Labute approximate surface area is 224 Å². The molecule has 9 heteroatoms. The number of aryl methyl sites for hydroxylation is 2. The Morgan fingerprint density at radius 1 is 1.19 bits per heavy atom. The van der Waals surface area contributed by atoms with Crippen molar-refractivity contribution >= 4 is 28.8 Å². The molecule has 0 radical (unpaired) electrons. The van der Waals surface area contributed by atoms with Gasteiger partial charge in [-0.3, -0.25) is 4.79 Å². The first kappa shape index (κ1) is 27.2. The molecule has 0 saturated heterocycles. The fraction of sp³-hybridized carbons (Fsp3) is 0.536. The number of carbonyl (C=O) groups is 1. The summed E-state index contributed by atoms with van der Waals surface area (Å²) in [6.45, 7) is 8.34. The van der Waals surface area contributed by atoms with E-state index in [0.717, 1.165) is 28.2 Å². The number of anilines is 1. The average molecular weight is 527 g/mol. The van der Waals surface area contributed by atoms with Crippen LogP contribution in [0.4, 0.5) is 5.69 Å². The number of rotatable bonds is 8. The summed E-state index contributed by atoms with van der Waals surface area (Å²) in [5.41, 5.74) is 5.58. The molecule has 2 aromatic heterocycles. The molecule has 1 unspecified atom stereocenters. The van der Waals surface area contributed by atoms with Crippen LogP contribution in [0.2, 0.25) is 5.02 Å². The van der Waals surface area contributed by atoms with Crippen molar-refractivity contribution in [2.75, 3.05) is 26.5 Å². The standard InChI is InChI=1S/C28H39ClN6O2/c1-16-12-17(2)35-26(31-16)24(28(33-35)37-7)15-30-27(36)23-13-21(29)14-25(18(23)3)32-19(4)20-8-10-22(11-9-20)34(5)6/h12-14,19-20,22,32H,8-11,15H2,1-7H3,(H,30,36). The van der Waals surface area contributed by atoms with Crippen molar-refractivity contribution in [2.24, 2.45) is 5.92 Å². The average Bonchev–Trinajstić information content (AvgIpc) is 3.22. The van der Waals surface area contributed by atoms with Gasteiger partial charge in [0.2, 0.25) is 5.88 Å². The molecule has 1 atom stereocenters. The second-order valence-electron chi connectivity index (χ2n) is 10.5. The molecular formula is C28H39ClN6O2. The van der Waals surface area contributed by atoms with Crippen molar-refractivity contribution in [3.05, 3.63) is 51.3 Å². The van der Waals surface area contributed by atoms with Crippen LogP contribution in [0.5, 0.6) is 5.88 Å². The molecule has 2 N–H and O–H groups in total. The number of ether oxygens (including phenoxy) is 1. The molecule has 4 rings (SSSR count). The van der Waals surface area contributed by atoms with Gasteiger partial charge in [-0.2, -0.15) is 0 Å². The summed E-state index contributed by atoms with van der Waals surface area (Å²) in [5.74, 6) is 0.840. The highest BCUT2D eigenvalue weighted by Gasteiger charge is 2.27. The number of halogens is 1. The van der Waals surface area contributed by atoms with Gasteiger partial charge < -0.3 is 20.3 Å². The lowest BCUT2D eigenvalue weighted by Crippen LogP contribution is -2.36. The van der Waals surface area contributed by atoms with Crippen molar-refractivity contribution in [3.63, 3.8) is 0 Å². The van der Waals surface area contributed by atoms with Crippen LogP contribution in [0.15, 0.2) is 18.2 Å². The van der Waals surface area contributed by atoms with Gasteiger partial charge in [-0.25, -0.2) is 9.50 Å². The Hall–Kier alpha value is -2.84. The van der Waals surface area contributed by atoms with E-state index in [0.29, 0.717) is 34.1 Å². The molecule has 37 heavy (non-hydrogen) atoms. The summed E-state index contributed by atoms with van der Waals surface area (Å²) in [6, 6.07) is 6.56. The predicted octanol–water partition coefficient (Wildman–Crippen LogP) is 5.17. The monoisotopic (exact) mass is 526 g/mol. The number of benzene rings is 1. The van der Waals surface area contributed by atoms with Gasteiger partial charge in [0.25, 0.3) is 5.91 Å². The SMILES string of the molecule is COc1nn2c(C)cc(C)nc2c1CNC(=O)c1cc(Cl)cc(NC(C)C2CCC(N(C)C)CC2)c1C. The van der Waals surface area contributed by atoms with E-state index in [1.54, 1.807) is 17.7 Å². The number of nitrogens with zero attached hydrogens (tertiary/aromatic N) is 4. The first-order valence-corrected chi connectivity index (χ1v) is 13.4. The van der Waals surface area contributed by atoms with E-state index in [1.165, 1.54) is 25.7 Å².